The van der Waals surface area contributed by atoms with E-state index in [1.807, 2.05) is 18.2 Å². The second kappa shape index (κ2) is 2.10. The average Bonchev–Trinajstić information content (AvgIpc) is 2.79. The molecule has 1 aliphatic heterocycles. The van der Waals surface area contributed by atoms with Crippen molar-refractivity contribution in [3.63, 3.8) is 0 Å². The summed E-state index contributed by atoms with van der Waals surface area (Å²) in [5.41, 5.74) is 1.98. The van der Waals surface area contributed by atoms with Crippen LogP contribution in [0.1, 0.15) is 28.8 Å². The van der Waals surface area contributed by atoms with Crippen LogP contribution in [-0.2, 0) is 5.54 Å². The number of carbonyl (C=O) groups excluding carboxylic acids is 1. The normalized spacial score (nSPS) is 21.5. The maximum Gasteiger partial charge on any atom is 0.252 e. The van der Waals surface area contributed by atoms with Gasteiger partial charge in [0.25, 0.3) is 5.91 Å². The Morgan fingerprint density at radius 2 is 2.15 bits per heavy atom. The molecule has 0 radical (unpaired) electrons. The Morgan fingerprint density at radius 1 is 1.38 bits per heavy atom. The number of thiol groups is 1. The van der Waals surface area contributed by atoms with Crippen molar-refractivity contribution < 1.29 is 4.79 Å². The molecule has 0 bridgehead atoms. The molecule has 13 heavy (non-hydrogen) atoms. The standard InChI is InChI=1S/C10H9NOS/c12-9-7-5-6(13)1-2-8(7)10(11-9)3-4-10/h1-2,5,13H,3-4H2,(H,11,12). The number of carbonyl (C=O) groups is 1. The molecule has 3 heteroatoms. The van der Waals surface area contributed by atoms with Crippen LogP contribution in [0, 0.1) is 0 Å². The van der Waals surface area contributed by atoms with Gasteiger partial charge in [0.05, 0.1) is 5.54 Å². The highest BCUT2D eigenvalue weighted by atomic mass is 32.1. The van der Waals surface area contributed by atoms with E-state index in [1.54, 1.807) is 0 Å². The second-order valence-electron chi connectivity index (χ2n) is 3.77. The zero-order chi connectivity index (χ0) is 9.05. The molecule has 0 unspecified atom stereocenters. The molecule has 2 aliphatic rings. The van der Waals surface area contributed by atoms with E-state index in [4.69, 9.17) is 0 Å². The summed E-state index contributed by atoms with van der Waals surface area (Å²) in [4.78, 5) is 12.4. The molecule has 3 rings (SSSR count). The molecule has 1 fully saturated rings. The average molecular weight is 191 g/mol. The molecule has 0 atom stereocenters. The van der Waals surface area contributed by atoms with Gasteiger partial charge < -0.3 is 5.32 Å². The summed E-state index contributed by atoms with van der Waals surface area (Å²) < 4.78 is 0. The molecule has 66 valence electrons. The first-order chi connectivity index (χ1) is 6.21. The topological polar surface area (TPSA) is 29.1 Å². The van der Waals surface area contributed by atoms with Crippen molar-refractivity contribution in [2.45, 2.75) is 23.3 Å². The molecule has 2 nitrogen and oxygen atoms in total. The van der Waals surface area contributed by atoms with Gasteiger partial charge in [0, 0.05) is 10.5 Å². The van der Waals surface area contributed by atoms with Crippen molar-refractivity contribution in [2.24, 2.45) is 0 Å². The molecule has 1 amide bonds. The Labute approximate surface area is 81.7 Å². The second-order valence-corrected chi connectivity index (χ2v) is 4.28. The van der Waals surface area contributed by atoms with E-state index in [0.717, 1.165) is 28.9 Å². The number of rotatable bonds is 0. The van der Waals surface area contributed by atoms with E-state index in [1.165, 1.54) is 0 Å². The van der Waals surface area contributed by atoms with Crippen LogP contribution in [0.4, 0.5) is 0 Å². The third-order valence-electron chi connectivity index (χ3n) is 2.87. The molecule has 1 N–H and O–H groups in total. The minimum Gasteiger partial charge on any atom is -0.342 e. The first-order valence-electron chi connectivity index (χ1n) is 4.37. The molecule has 1 aromatic carbocycles. The Balaban J connectivity index is 2.25. The van der Waals surface area contributed by atoms with Gasteiger partial charge in [-0.25, -0.2) is 0 Å². The molecule has 0 aromatic heterocycles. The van der Waals surface area contributed by atoms with Crippen LogP contribution in [-0.4, -0.2) is 5.91 Å². The van der Waals surface area contributed by atoms with Crippen LogP contribution >= 0.6 is 12.6 Å². The largest absolute Gasteiger partial charge is 0.342 e. The van der Waals surface area contributed by atoms with E-state index in [-0.39, 0.29) is 11.4 Å². The van der Waals surface area contributed by atoms with Crippen LogP contribution in [0.3, 0.4) is 0 Å². The van der Waals surface area contributed by atoms with Crippen LogP contribution in [0.2, 0.25) is 0 Å². The van der Waals surface area contributed by atoms with Gasteiger partial charge in [-0.1, -0.05) is 6.07 Å². The van der Waals surface area contributed by atoms with Gasteiger partial charge in [0.1, 0.15) is 0 Å². The van der Waals surface area contributed by atoms with Crippen molar-refractivity contribution in [1.29, 1.82) is 0 Å². The monoisotopic (exact) mass is 191 g/mol. The lowest BCUT2D eigenvalue weighted by Gasteiger charge is -2.06. The maximum absolute atomic E-state index is 11.5. The van der Waals surface area contributed by atoms with Gasteiger partial charge >= 0.3 is 0 Å². The SMILES string of the molecule is O=C1NC2(CC2)c2ccc(S)cc21. The Bertz CT molecular complexity index is 409. The fraction of sp³-hybridized carbons (Fsp3) is 0.300. The van der Waals surface area contributed by atoms with Crippen molar-refractivity contribution in [2.75, 3.05) is 0 Å². The van der Waals surface area contributed by atoms with Crippen LogP contribution < -0.4 is 5.32 Å². The number of benzene rings is 1. The zero-order valence-corrected chi connectivity index (χ0v) is 7.90. The van der Waals surface area contributed by atoms with Crippen molar-refractivity contribution in [3.05, 3.63) is 29.3 Å². The van der Waals surface area contributed by atoms with Gasteiger partial charge in [0.15, 0.2) is 0 Å². The minimum absolute atomic E-state index is 0.00783. The van der Waals surface area contributed by atoms with Gasteiger partial charge in [-0.2, -0.15) is 0 Å². The number of fused-ring (bicyclic) bond motifs is 2. The number of nitrogens with one attached hydrogen (secondary N) is 1. The van der Waals surface area contributed by atoms with Crippen molar-refractivity contribution in [1.82, 2.24) is 5.32 Å². The van der Waals surface area contributed by atoms with Gasteiger partial charge in [0.2, 0.25) is 0 Å². The lowest BCUT2D eigenvalue weighted by Crippen LogP contribution is -2.25. The van der Waals surface area contributed by atoms with Crippen LogP contribution in [0.25, 0.3) is 0 Å². The summed E-state index contributed by atoms with van der Waals surface area (Å²) in [7, 11) is 0. The van der Waals surface area contributed by atoms with E-state index in [9.17, 15) is 4.79 Å². The van der Waals surface area contributed by atoms with Gasteiger partial charge in [-0.15, -0.1) is 12.6 Å². The number of hydrogen-bond acceptors (Lipinski definition) is 2. The third kappa shape index (κ3) is 0.879. The number of hydrogen-bond donors (Lipinski definition) is 2. The molecule has 0 saturated heterocycles. The minimum atomic E-state index is 0.00783. The highest BCUT2D eigenvalue weighted by Gasteiger charge is 2.51. The predicted octanol–water partition coefficient (Wildman–Crippen LogP) is 1.71. The van der Waals surface area contributed by atoms with E-state index in [0.29, 0.717) is 0 Å². The quantitative estimate of drug-likeness (QED) is 0.600. The zero-order valence-electron chi connectivity index (χ0n) is 7.00. The molecule has 1 saturated carbocycles. The summed E-state index contributed by atoms with van der Waals surface area (Å²) >= 11 is 4.22. The number of amides is 1. The fourth-order valence-electron chi connectivity index (χ4n) is 2.01. The molecule has 1 spiro atoms. The summed E-state index contributed by atoms with van der Waals surface area (Å²) in [6, 6.07) is 5.81. The van der Waals surface area contributed by atoms with E-state index < -0.39 is 0 Å². The van der Waals surface area contributed by atoms with E-state index in [2.05, 4.69) is 17.9 Å². The Hall–Kier alpha value is -0.960. The highest BCUT2D eigenvalue weighted by molar-refractivity contribution is 7.80. The summed E-state index contributed by atoms with van der Waals surface area (Å²) in [6.07, 6.45) is 2.16. The summed E-state index contributed by atoms with van der Waals surface area (Å²) in [5, 5.41) is 3.02. The smallest absolute Gasteiger partial charge is 0.252 e. The molecule has 1 aliphatic carbocycles. The lowest BCUT2D eigenvalue weighted by atomic mass is 10.0. The van der Waals surface area contributed by atoms with Crippen LogP contribution in [0.15, 0.2) is 23.1 Å². The first-order valence-corrected chi connectivity index (χ1v) is 4.82. The van der Waals surface area contributed by atoms with Crippen LogP contribution in [0.5, 0.6) is 0 Å². The molecular formula is C10H9NOS. The predicted molar refractivity (Wildman–Crippen MR) is 52.1 cm³/mol. The molecular weight excluding hydrogens is 182 g/mol. The van der Waals surface area contributed by atoms with Crippen molar-refractivity contribution in [3.8, 4) is 0 Å². The lowest BCUT2D eigenvalue weighted by molar-refractivity contribution is 0.0952. The van der Waals surface area contributed by atoms with E-state index >= 15 is 0 Å². The summed E-state index contributed by atoms with van der Waals surface area (Å²) in [5.74, 6) is 0.0587. The fourth-order valence-corrected chi connectivity index (χ4v) is 2.21. The first kappa shape index (κ1) is 7.44. The molecule has 1 heterocycles. The molecule has 1 aromatic rings. The Kier molecular flexibility index (Phi) is 1.20. The maximum atomic E-state index is 11.5. The van der Waals surface area contributed by atoms with Crippen molar-refractivity contribution >= 4 is 18.5 Å². The Morgan fingerprint density at radius 3 is 2.85 bits per heavy atom. The van der Waals surface area contributed by atoms with Gasteiger partial charge in [-0.3, -0.25) is 4.79 Å². The van der Waals surface area contributed by atoms with Gasteiger partial charge in [-0.05, 0) is 30.5 Å². The highest BCUT2D eigenvalue weighted by Crippen LogP contribution is 2.50. The summed E-state index contributed by atoms with van der Waals surface area (Å²) in [6.45, 7) is 0. The third-order valence-corrected chi connectivity index (χ3v) is 3.14.